The average molecular weight is 475 g/mol. The fourth-order valence-electron chi connectivity index (χ4n) is 3.14. The van der Waals surface area contributed by atoms with Gasteiger partial charge in [0.2, 0.25) is 0 Å². The van der Waals surface area contributed by atoms with Crippen LogP contribution in [-0.2, 0) is 19.6 Å². The fraction of sp³-hybridized carbons (Fsp3) is 0.481. The van der Waals surface area contributed by atoms with Crippen LogP contribution in [0.15, 0.2) is 48.5 Å². The maximum atomic E-state index is 5.78. The van der Waals surface area contributed by atoms with Crippen LogP contribution in [0.1, 0.15) is 31.4 Å². The minimum atomic E-state index is -0.137. The molecule has 0 atom stereocenters. The van der Waals surface area contributed by atoms with Crippen LogP contribution >= 0.6 is 11.6 Å². The van der Waals surface area contributed by atoms with Gasteiger partial charge in [-0.15, -0.1) is 18.0 Å². The number of terminal acetylenes is 1. The summed E-state index contributed by atoms with van der Waals surface area (Å²) in [6.45, 7) is 8.40. The van der Waals surface area contributed by atoms with Crippen molar-refractivity contribution in [2.75, 3.05) is 58.7 Å². The zero-order valence-electron chi connectivity index (χ0n) is 19.7. The van der Waals surface area contributed by atoms with E-state index in [4.69, 9.17) is 41.7 Å². The number of halogens is 1. The van der Waals surface area contributed by atoms with Crippen molar-refractivity contribution >= 4 is 11.6 Å². The van der Waals surface area contributed by atoms with Gasteiger partial charge in [0.1, 0.15) is 24.7 Å². The summed E-state index contributed by atoms with van der Waals surface area (Å²) in [5, 5.41) is 0. The summed E-state index contributed by atoms with van der Waals surface area (Å²) in [6.07, 6.45) is 5.94. The third-order valence-corrected chi connectivity index (χ3v) is 5.39. The molecule has 2 rings (SSSR count). The van der Waals surface area contributed by atoms with Gasteiger partial charge >= 0.3 is 0 Å². The molecule has 0 aliphatic rings. The van der Waals surface area contributed by atoms with Crippen molar-refractivity contribution in [1.82, 2.24) is 0 Å². The minimum absolute atomic E-state index is 0.137. The molecule has 0 fully saturated rings. The van der Waals surface area contributed by atoms with Crippen molar-refractivity contribution in [3.8, 4) is 23.8 Å². The maximum Gasteiger partial charge on any atom is 0.119 e. The van der Waals surface area contributed by atoms with Gasteiger partial charge in [-0.1, -0.05) is 44.0 Å². The summed E-state index contributed by atoms with van der Waals surface area (Å²) in [5.41, 5.74) is 2.30. The first-order valence-corrected chi connectivity index (χ1v) is 11.8. The maximum absolute atomic E-state index is 5.78. The van der Waals surface area contributed by atoms with Gasteiger partial charge in [0.15, 0.2) is 0 Å². The molecule has 0 radical (unpaired) electrons. The van der Waals surface area contributed by atoms with E-state index in [9.17, 15) is 0 Å². The van der Waals surface area contributed by atoms with E-state index in [0.29, 0.717) is 58.7 Å². The number of ether oxygens (including phenoxy) is 5. The first-order chi connectivity index (χ1) is 16.1. The zero-order chi connectivity index (χ0) is 23.8. The van der Waals surface area contributed by atoms with Crippen LogP contribution in [0.5, 0.6) is 11.5 Å². The van der Waals surface area contributed by atoms with Crippen LogP contribution in [0.3, 0.4) is 0 Å². The van der Waals surface area contributed by atoms with Crippen molar-refractivity contribution in [1.29, 1.82) is 0 Å². The molecule has 0 heterocycles. The molecule has 33 heavy (non-hydrogen) atoms. The second-order valence-corrected chi connectivity index (χ2v) is 8.27. The molecule has 5 nitrogen and oxygen atoms in total. The largest absolute Gasteiger partial charge is 0.494 e. The molecule has 0 N–H and O–H groups in total. The first kappa shape index (κ1) is 27.0. The fourth-order valence-corrected chi connectivity index (χ4v) is 3.25. The smallest absolute Gasteiger partial charge is 0.119 e. The Morgan fingerprint density at radius 2 is 1.15 bits per heavy atom. The molecular formula is C27H35ClO5. The van der Waals surface area contributed by atoms with E-state index in [0.717, 1.165) is 17.9 Å². The predicted molar refractivity (Wildman–Crippen MR) is 133 cm³/mol. The highest BCUT2D eigenvalue weighted by molar-refractivity contribution is 6.17. The standard InChI is InChI=1S/C27H35ClO5/c1-4-15-29-17-18-30-19-20-31-21-22-33-26-12-8-24(9-13-26)27(2,3)23-6-10-25(11-7-23)32-16-5-14-28/h1,6-13H,5,14-22H2,2-3H3. The third-order valence-electron chi connectivity index (χ3n) is 5.12. The molecule has 0 saturated carbocycles. The Kier molecular flexibility index (Phi) is 12.8. The molecule has 180 valence electrons. The zero-order valence-corrected chi connectivity index (χ0v) is 20.4. The SMILES string of the molecule is C#CCOCCOCCOCCOc1ccc(C(C)(C)c2ccc(OCCCCl)cc2)cc1. The molecule has 0 bridgehead atoms. The van der Waals surface area contributed by atoms with E-state index in [-0.39, 0.29) is 5.41 Å². The highest BCUT2D eigenvalue weighted by Crippen LogP contribution is 2.33. The Bertz CT molecular complexity index is 812. The van der Waals surface area contributed by atoms with Crippen molar-refractivity contribution in [2.24, 2.45) is 0 Å². The lowest BCUT2D eigenvalue weighted by Crippen LogP contribution is -2.18. The molecule has 0 aliphatic carbocycles. The highest BCUT2D eigenvalue weighted by atomic mass is 35.5. The summed E-state index contributed by atoms with van der Waals surface area (Å²) < 4.78 is 27.5. The van der Waals surface area contributed by atoms with Crippen LogP contribution in [0.4, 0.5) is 0 Å². The van der Waals surface area contributed by atoms with Gasteiger partial charge in [-0.25, -0.2) is 0 Å². The molecule has 6 heteroatoms. The molecule has 0 amide bonds. The molecule has 2 aromatic carbocycles. The second kappa shape index (κ2) is 15.6. The van der Waals surface area contributed by atoms with Gasteiger partial charge in [0, 0.05) is 11.3 Å². The molecule has 0 spiro atoms. The summed E-state index contributed by atoms with van der Waals surface area (Å²) in [4.78, 5) is 0. The summed E-state index contributed by atoms with van der Waals surface area (Å²) in [7, 11) is 0. The molecule has 0 aromatic heterocycles. The number of hydrogen-bond acceptors (Lipinski definition) is 5. The number of hydrogen-bond donors (Lipinski definition) is 0. The van der Waals surface area contributed by atoms with Gasteiger partial charge in [0.25, 0.3) is 0 Å². The van der Waals surface area contributed by atoms with Crippen LogP contribution in [0.2, 0.25) is 0 Å². The quantitative estimate of drug-likeness (QED) is 0.182. The lowest BCUT2D eigenvalue weighted by molar-refractivity contribution is 0.0142. The van der Waals surface area contributed by atoms with Gasteiger partial charge in [-0.3, -0.25) is 0 Å². The molecule has 0 saturated heterocycles. The molecular weight excluding hydrogens is 440 g/mol. The van der Waals surface area contributed by atoms with Crippen molar-refractivity contribution in [3.05, 3.63) is 59.7 Å². The van der Waals surface area contributed by atoms with Crippen molar-refractivity contribution < 1.29 is 23.7 Å². The summed E-state index contributed by atoms with van der Waals surface area (Å²) >= 11 is 5.70. The first-order valence-electron chi connectivity index (χ1n) is 11.3. The van der Waals surface area contributed by atoms with Crippen LogP contribution in [0.25, 0.3) is 0 Å². The minimum Gasteiger partial charge on any atom is -0.494 e. The van der Waals surface area contributed by atoms with Gasteiger partial charge in [-0.05, 0) is 41.8 Å². The second-order valence-electron chi connectivity index (χ2n) is 7.89. The lowest BCUT2D eigenvalue weighted by Gasteiger charge is -2.26. The Hall–Kier alpha value is -2.23. The lowest BCUT2D eigenvalue weighted by atomic mass is 9.78. The van der Waals surface area contributed by atoms with Crippen LogP contribution < -0.4 is 9.47 Å². The van der Waals surface area contributed by atoms with Crippen molar-refractivity contribution in [3.63, 3.8) is 0 Å². The Balaban J connectivity index is 1.69. The monoisotopic (exact) mass is 474 g/mol. The average Bonchev–Trinajstić information content (AvgIpc) is 2.83. The van der Waals surface area contributed by atoms with E-state index >= 15 is 0 Å². The highest BCUT2D eigenvalue weighted by Gasteiger charge is 2.23. The Labute approximate surface area is 203 Å². The van der Waals surface area contributed by atoms with Gasteiger partial charge < -0.3 is 23.7 Å². The molecule has 0 aliphatic heterocycles. The van der Waals surface area contributed by atoms with E-state index in [1.54, 1.807) is 0 Å². The van der Waals surface area contributed by atoms with E-state index in [2.05, 4.69) is 44.0 Å². The Morgan fingerprint density at radius 3 is 1.64 bits per heavy atom. The third kappa shape index (κ3) is 10.1. The Morgan fingerprint density at radius 1 is 0.697 bits per heavy atom. The topological polar surface area (TPSA) is 46.2 Å². The van der Waals surface area contributed by atoms with E-state index in [1.807, 2.05) is 24.3 Å². The molecule has 2 aromatic rings. The molecule has 0 unspecified atom stereocenters. The van der Waals surface area contributed by atoms with Gasteiger partial charge in [-0.2, -0.15) is 0 Å². The number of alkyl halides is 1. The van der Waals surface area contributed by atoms with Crippen LogP contribution in [0, 0.1) is 12.3 Å². The van der Waals surface area contributed by atoms with Crippen LogP contribution in [-0.4, -0.2) is 58.7 Å². The summed E-state index contributed by atoms with van der Waals surface area (Å²) in [6, 6.07) is 16.5. The predicted octanol–water partition coefficient (Wildman–Crippen LogP) is 5.08. The van der Waals surface area contributed by atoms with E-state index in [1.165, 1.54) is 11.1 Å². The normalized spacial score (nSPS) is 11.2. The summed E-state index contributed by atoms with van der Waals surface area (Å²) in [5.74, 6) is 4.71. The number of benzene rings is 2. The van der Waals surface area contributed by atoms with Crippen molar-refractivity contribution in [2.45, 2.75) is 25.7 Å². The number of rotatable bonds is 17. The van der Waals surface area contributed by atoms with Gasteiger partial charge in [0.05, 0.1) is 39.6 Å². The van der Waals surface area contributed by atoms with E-state index < -0.39 is 0 Å².